The van der Waals surface area contributed by atoms with Crippen molar-refractivity contribution < 1.29 is 10.2 Å². The summed E-state index contributed by atoms with van der Waals surface area (Å²) in [6.45, 7) is 8.15. The van der Waals surface area contributed by atoms with Gasteiger partial charge in [-0.25, -0.2) is 19.9 Å². The van der Waals surface area contributed by atoms with Crippen molar-refractivity contribution >= 4 is 11.3 Å². The molecule has 0 atom stereocenters. The smallest absolute Gasteiger partial charge is 0.219 e. The van der Waals surface area contributed by atoms with E-state index in [0.717, 1.165) is 37.1 Å². The van der Waals surface area contributed by atoms with E-state index in [2.05, 4.69) is 13.8 Å². The monoisotopic (exact) mass is 632 g/mol. The number of unbranched alkanes of at least 4 members (excludes halogenated alkanes) is 18. The highest BCUT2D eigenvalue weighted by Crippen LogP contribution is 2.32. The Morgan fingerprint density at radius 2 is 0.761 bits per heavy atom. The molecule has 254 valence electrons. The number of imidazole rings is 2. The highest BCUT2D eigenvalue weighted by molar-refractivity contribution is 5.82. The third-order valence-electron chi connectivity index (χ3n) is 9.40. The maximum absolute atomic E-state index is 10.9. The SMILES string of the molecule is CCCCCCCCCCCCc1cn2c(O)c(C)nc2c(-c2nc(CCCCCCCCCCCC)cn3c(O)c(C)nc23)n1. The van der Waals surface area contributed by atoms with Crippen LogP contribution in [0.4, 0.5) is 0 Å². The van der Waals surface area contributed by atoms with Gasteiger partial charge in [0, 0.05) is 12.4 Å². The van der Waals surface area contributed by atoms with Crippen molar-refractivity contribution in [1.29, 1.82) is 0 Å². The number of aryl methyl sites for hydroxylation is 4. The summed E-state index contributed by atoms with van der Waals surface area (Å²) in [7, 11) is 0. The average Bonchev–Trinajstić information content (AvgIpc) is 3.51. The average molecular weight is 633 g/mol. The third kappa shape index (κ3) is 9.92. The summed E-state index contributed by atoms with van der Waals surface area (Å²) in [5, 5.41) is 21.8. The van der Waals surface area contributed by atoms with Crippen LogP contribution in [0.15, 0.2) is 12.4 Å². The summed E-state index contributed by atoms with van der Waals surface area (Å²) in [6.07, 6.45) is 31.1. The van der Waals surface area contributed by atoms with Crippen molar-refractivity contribution in [2.24, 2.45) is 0 Å². The van der Waals surface area contributed by atoms with E-state index in [1.165, 1.54) is 116 Å². The number of hydrogen-bond donors (Lipinski definition) is 2. The standard InChI is InChI=1S/C38H60N6O2/c1-5-7-9-11-13-15-17-19-21-23-25-31-27-43-35(39-29(3)37(43)45)33(41-31)34-36-40-30(4)38(46)44(36)28-32(42-34)26-24-22-20-18-16-14-12-10-8-6-2/h27-28,45-46H,5-26H2,1-4H3. The van der Waals surface area contributed by atoms with Crippen molar-refractivity contribution in [3.63, 3.8) is 0 Å². The van der Waals surface area contributed by atoms with Crippen LogP contribution in [0.25, 0.3) is 22.7 Å². The second-order valence-electron chi connectivity index (χ2n) is 13.5. The van der Waals surface area contributed by atoms with Crippen LogP contribution in [0.5, 0.6) is 11.8 Å². The lowest BCUT2D eigenvalue weighted by Crippen LogP contribution is -2.05. The van der Waals surface area contributed by atoms with Crippen molar-refractivity contribution in [3.8, 4) is 23.1 Å². The van der Waals surface area contributed by atoms with Crippen molar-refractivity contribution in [3.05, 3.63) is 35.2 Å². The molecule has 0 aromatic carbocycles. The Labute approximate surface area is 277 Å². The predicted molar refractivity (Wildman–Crippen MR) is 189 cm³/mol. The zero-order chi connectivity index (χ0) is 32.7. The van der Waals surface area contributed by atoms with Gasteiger partial charge in [0.25, 0.3) is 0 Å². The summed E-state index contributed by atoms with van der Waals surface area (Å²) in [6, 6.07) is 0. The van der Waals surface area contributed by atoms with Gasteiger partial charge in [0.1, 0.15) is 22.8 Å². The van der Waals surface area contributed by atoms with Crippen LogP contribution in [0.2, 0.25) is 0 Å². The van der Waals surface area contributed by atoms with Crippen molar-refractivity contribution in [2.45, 2.75) is 169 Å². The lowest BCUT2D eigenvalue weighted by molar-refractivity contribution is 0.443. The van der Waals surface area contributed by atoms with E-state index in [0.29, 0.717) is 34.1 Å². The van der Waals surface area contributed by atoms with Crippen molar-refractivity contribution in [1.82, 2.24) is 28.7 Å². The Kier molecular flexibility index (Phi) is 14.6. The van der Waals surface area contributed by atoms with Crippen LogP contribution in [-0.4, -0.2) is 39.0 Å². The van der Waals surface area contributed by atoms with E-state index in [4.69, 9.17) is 19.9 Å². The van der Waals surface area contributed by atoms with Gasteiger partial charge >= 0.3 is 0 Å². The quantitative estimate of drug-likeness (QED) is 0.0789. The lowest BCUT2D eigenvalue weighted by atomic mass is 10.1. The summed E-state index contributed by atoms with van der Waals surface area (Å²) in [4.78, 5) is 19.6. The molecule has 0 fully saturated rings. The maximum Gasteiger partial charge on any atom is 0.219 e. The van der Waals surface area contributed by atoms with Gasteiger partial charge in [0.05, 0.1) is 11.4 Å². The Hall–Kier alpha value is -3.16. The van der Waals surface area contributed by atoms with E-state index in [9.17, 15) is 10.2 Å². The van der Waals surface area contributed by atoms with Crippen LogP contribution in [-0.2, 0) is 12.8 Å². The fourth-order valence-corrected chi connectivity index (χ4v) is 6.54. The van der Waals surface area contributed by atoms with E-state index in [1.807, 2.05) is 26.2 Å². The van der Waals surface area contributed by atoms with Crippen LogP contribution in [0, 0.1) is 13.8 Å². The molecule has 4 rings (SSSR count). The Bertz CT molecular complexity index is 1380. The van der Waals surface area contributed by atoms with Crippen LogP contribution < -0.4 is 0 Å². The molecule has 8 nitrogen and oxygen atoms in total. The molecule has 4 heterocycles. The minimum absolute atomic E-state index is 0.128. The Balaban J connectivity index is 1.45. The normalized spacial score (nSPS) is 11.8. The first kappa shape index (κ1) is 35.7. The fraction of sp³-hybridized carbons (Fsp3) is 0.684. The Morgan fingerprint density at radius 3 is 1.09 bits per heavy atom. The topological polar surface area (TPSA) is 101 Å². The number of nitrogens with zero attached hydrogens (tertiary/aromatic N) is 6. The molecule has 4 aromatic heterocycles. The largest absolute Gasteiger partial charge is 0.493 e. The highest BCUT2D eigenvalue weighted by atomic mass is 16.3. The van der Waals surface area contributed by atoms with Gasteiger partial charge in [0.15, 0.2) is 11.3 Å². The van der Waals surface area contributed by atoms with E-state index >= 15 is 0 Å². The van der Waals surface area contributed by atoms with Crippen LogP contribution in [0.1, 0.15) is 165 Å². The van der Waals surface area contributed by atoms with Gasteiger partial charge in [-0.3, -0.25) is 8.80 Å². The van der Waals surface area contributed by atoms with Crippen LogP contribution >= 0.6 is 0 Å². The highest BCUT2D eigenvalue weighted by Gasteiger charge is 2.22. The van der Waals surface area contributed by atoms with E-state index in [1.54, 1.807) is 8.80 Å². The Morgan fingerprint density at radius 1 is 0.457 bits per heavy atom. The van der Waals surface area contributed by atoms with Gasteiger partial charge in [-0.15, -0.1) is 0 Å². The first-order chi connectivity index (χ1) is 22.4. The molecule has 0 radical (unpaired) electrons. The molecule has 0 spiro atoms. The molecule has 2 N–H and O–H groups in total. The number of aromatic hydroxyl groups is 2. The van der Waals surface area contributed by atoms with Gasteiger partial charge < -0.3 is 10.2 Å². The molecule has 0 bridgehead atoms. The number of aromatic nitrogens is 6. The minimum atomic E-state index is 0.128. The van der Waals surface area contributed by atoms with E-state index in [-0.39, 0.29) is 11.8 Å². The minimum Gasteiger partial charge on any atom is -0.493 e. The third-order valence-corrected chi connectivity index (χ3v) is 9.40. The van der Waals surface area contributed by atoms with E-state index < -0.39 is 0 Å². The van der Waals surface area contributed by atoms with Crippen LogP contribution in [0.3, 0.4) is 0 Å². The second-order valence-corrected chi connectivity index (χ2v) is 13.5. The molecular weight excluding hydrogens is 572 g/mol. The zero-order valence-electron chi connectivity index (χ0n) is 29.3. The molecule has 0 saturated carbocycles. The lowest BCUT2D eigenvalue weighted by Gasteiger charge is -2.11. The summed E-state index contributed by atoms with van der Waals surface area (Å²) in [5.41, 5.74) is 5.25. The second kappa shape index (κ2) is 18.9. The number of rotatable bonds is 23. The zero-order valence-corrected chi connectivity index (χ0v) is 29.3. The summed E-state index contributed by atoms with van der Waals surface area (Å²) < 4.78 is 3.48. The maximum atomic E-state index is 10.9. The molecule has 8 heteroatoms. The molecule has 0 amide bonds. The molecule has 4 aromatic rings. The first-order valence-electron chi connectivity index (χ1n) is 18.6. The molecule has 46 heavy (non-hydrogen) atoms. The van der Waals surface area contributed by atoms with Gasteiger partial charge in [0.2, 0.25) is 11.8 Å². The molecule has 0 aliphatic heterocycles. The molecular formula is C38H60N6O2. The molecule has 0 saturated heterocycles. The summed E-state index contributed by atoms with van der Waals surface area (Å²) in [5.74, 6) is 0.255. The van der Waals surface area contributed by atoms with Gasteiger partial charge in [-0.2, -0.15) is 0 Å². The van der Waals surface area contributed by atoms with Gasteiger partial charge in [-0.1, -0.05) is 129 Å². The number of fused-ring (bicyclic) bond motifs is 2. The van der Waals surface area contributed by atoms with Gasteiger partial charge in [-0.05, 0) is 39.5 Å². The predicted octanol–water partition coefficient (Wildman–Crippen LogP) is 10.4. The fourth-order valence-electron chi connectivity index (χ4n) is 6.54. The molecule has 0 unspecified atom stereocenters. The van der Waals surface area contributed by atoms with Crippen molar-refractivity contribution in [2.75, 3.05) is 0 Å². The number of hydrogen-bond acceptors (Lipinski definition) is 6. The molecule has 0 aliphatic rings. The first-order valence-corrected chi connectivity index (χ1v) is 18.6. The molecule has 0 aliphatic carbocycles. The summed E-state index contributed by atoms with van der Waals surface area (Å²) >= 11 is 0.